The summed E-state index contributed by atoms with van der Waals surface area (Å²) in [6.45, 7) is 5.14. The molecule has 1 unspecified atom stereocenters. The molecule has 0 spiro atoms. The van der Waals surface area contributed by atoms with Crippen molar-refractivity contribution >= 4 is 11.5 Å². The average Bonchev–Trinajstić information content (AvgIpc) is 2.97. The van der Waals surface area contributed by atoms with Crippen LogP contribution in [0.5, 0.6) is 11.5 Å². The van der Waals surface area contributed by atoms with Crippen LogP contribution in [0, 0.1) is 0 Å². The Morgan fingerprint density at radius 1 is 1.20 bits per heavy atom. The molecule has 0 radical (unpaired) electrons. The van der Waals surface area contributed by atoms with E-state index >= 15 is 0 Å². The van der Waals surface area contributed by atoms with Gasteiger partial charge in [0, 0.05) is 5.38 Å². The SMILES string of the molecule is CCOc1ccc(C(NC)c2csnn2)cc1OCC. The first-order valence-corrected chi connectivity index (χ1v) is 7.47. The van der Waals surface area contributed by atoms with Gasteiger partial charge in [-0.25, -0.2) is 0 Å². The third-order valence-corrected chi connectivity index (χ3v) is 3.38. The van der Waals surface area contributed by atoms with Gasteiger partial charge in [0.1, 0.15) is 0 Å². The number of aromatic nitrogens is 2. The maximum Gasteiger partial charge on any atom is 0.161 e. The lowest BCUT2D eigenvalue weighted by molar-refractivity contribution is 0.287. The van der Waals surface area contributed by atoms with Crippen LogP contribution in [0.15, 0.2) is 23.6 Å². The molecule has 2 aromatic rings. The quantitative estimate of drug-likeness (QED) is 0.850. The summed E-state index contributed by atoms with van der Waals surface area (Å²) in [7, 11) is 1.90. The first-order valence-electron chi connectivity index (χ1n) is 6.63. The fraction of sp³-hybridized carbons (Fsp3) is 0.429. The molecule has 0 aliphatic carbocycles. The van der Waals surface area contributed by atoms with Crippen LogP contribution in [0.1, 0.15) is 31.1 Å². The molecular weight excluding hydrogens is 274 g/mol. The van der Waals surface area contributed by atoms with Gasteiger partial charge in [0.15, 0.2) is 11.5 Å². The van der Waals surface area contributed by atoms with Crippen LogP contribution in [-0.4, -0.2) is 29.8 Å². The van der Waals surface area contributed by atoms with E-state index in [2.05, 4.69) is 14.9 Å². The summed E-state index contributed by atoms with van der Waals surface area (Å²) in [6, 6.07) is 5.96. The molecule has 0 saturated heterocycles. The molecule has 20 heavy (non-hydrogen) atoms. The van der Waals surface area contributed by atoms with Crippen molar-refractivity contribution in [2.24, 2.45) is 0 Å². The molecule has 0 aliphatic heterocycles. The number of benzene rings is 1. The second-order valence-electron chi connectivity index (χ2n) is 4.12. The minimum absolute atomic E-state index is 0.00336. The van der Waals surface area contributed by atoms with Crippen molar-refractivity contribution in [3.05, 3.63) is 34.8 Å². The van der Waals surface area contributed by atoms with E-state index in [0.29, 0.717) is 13.2 Å². The topological polar surface area (TPSA) is 56.3 Å². The number of hydrogen-bond donors (Lipinski definition) is 1. The largest absolute Gasteiger partial charge is 0.490 e. The van der Waals surface area contributed by atoms with E-state index < -0.39 is 0 Å². The van der Waals surface area contributed by atoms with Crippen molar-refractivity contribution in [3.63, 3.8) is 0 Å². The first-order chi connectivity index (χ1) is 9.80. The molecule has 1 aromatic heterocycles. The van der Waals surface area contributed by atoms with Crippen molar-refractivity contribution < 1.29 is 9.47 Å². The average molecular weight is 293 g/mol. The summed E-state index contributed by atoms with van der Waals surface area (Å²) in [5.41, 5.74) is 1.98. The van der Waals surface area contributed by atoms with Crippen LogP contribution >= 0.6 is 11.5 Å². The lowest BCUT2D eigenvalue weighted by Crippen LogP contribution is -2.18. The van der Waals surface area contributed by atoms with Crippen LogP contribution in [-0.2, 0) is 0 Å². The highest BCUT2D eigenvalue weighted by Gasteiger charge is 2.17. The van der Waals surface area contributed by atoms with Crippen molar-refractivity contribution in [1.82, 2.24) is 14.9 Å². The summed E-state index contributed by atoms with van der Waals surface area (Å²) < 4.78 is 15.2. The van der Waals surface area contributed by atoms with Gasteiger partial charge < -0.3 is 14.8 Å². The maximum atomic E-state index is 5.66. The van der Waals surface area contributed by atoms with Crippen molar-refractivity contribution in [3.8, 4) is 11.5 Å². The summed E-state index contributed by atoms with van der Waals surface area (Å²) >= 11 is 1.35. The van der Waals surface area contributed by atoms with Crippen molar-refractivity contribution in [2.75, 3.05) is 20.3 Å². The highest BCUT2D eigenvalue weighted by molar-refractivity contribution is 7.03. The van der Waals surface area contributed by atoms with Gasteiger partial charge in [-0.1, -0.05) is 10.6 Å². The van der Waals surface area contributed by atoms with Crippen LogP contribution in [0.4, 0.5) is 0 Å². The van der Waals surface area contributed by atoms with E-state index in [1.807, 2.05) is 44.5 Å². The molecule has 1 aromatic carbocycles. The van der Waals surface area contributed by atoms with E-state index in [-0.39, 0.29) is 6.04 Å². The van der Waals surface area contributed by atoms with Crippen LogP contribution < -0.4 is 14.8 Å². The van der Waals surface area contributed by atoms with Gasteiger partial charge >= 0.3 is 0 Å². The van der Waals surface area contributed by atoms with E-state index in [0.717, 1.165) is 22.8 Å². The summed E-state index contributed by atoms with van der Waals surface area (Å²) in [6.07, 6.45) is 0. The first kappa shape index (κ1) is 14.7. The molecule has 1 heterocycles. The second-order valence-corrected chi connectivity index (χ2v) is 4.73. The molecule has 2 rings (SSSR count). The third-order valence-electron chi connectivity index (χ3n) is 2.86. The molecule has 5 nitrogen and oxygen atoms in total. The predicted molar refractivity (Wildman–Crippen MR) is 79.6 cm³/mol. The van der Waals surface area contributed by atoms with Crippen molar-refractivity contribution in [2.45, 2.75) is 19.9 Å². The Hall–Kier alpha value is -1.66. The number of nitrogens with one attached hydrogen (secondary N) is 1. The van der Waals surface area contributed by atoms with Crippen LogP contribution in [0.25, 0.3) is 0 Å². The van der Waals surface area contributed by atoms with E-state index in [4.69, 9.17) is 9.47 Å². The fourth-order valence-electron chi connectivity index (χ4n) is 2.03. The standard InChI is InChI=1S/C14H19N3O2S/c1-4-18-12-7-6-10(8-13(12)19-5-2)14(15-3)11-9-20-17-16-11/h6-9,14-15H,4-5H2,1-3H3. The molecule has 1 N–H and O–H groups in total. The molecule has 6 heteroatoms. The van der Waals surface area contributed by atoms with Gasteiger partial charge in [-0.2, -0.15) is 0 Å². The maximum absolute atomic E-state index is 5.66. The zero-order valence-corrected chi connectivity index (χ0v) is 12.7. The van der Waals surface area contributed by atoms with Crippen molar-refractivity contribution in [1.29, 1.82) is 0 Å². The Kier molecular flexibility index (Phi) is 5.31. The summed E-state index contributed by atoms with van der Waals surface area (Å²) in [5, 5.41) is 9.32. The predicted octanol–water partition coefficient (Wildman–Crippen LogP) is 2.64. The number of nitrogens with zero attached hydrogens (tertiary/aromatic N) is 2. The lowest BCUT2D eigenvalue weighted by Gasteiger charge is -2.17. The van der Waals surface area contributed by atoms with Crippen LogP contribution in [0.3, 0.4) is 0 Å². The molecule has 1 atom stereocenters. The second kappa shape index (κ2) is 7.21. The zero-order valence-electron chi connectivity index (χ0n) is 11.9. The Morgan fingerprint density at radius 2 is 1.95 bits per heavy atom. The number of rotatable bonds is 7. The monoisotopic (exact) mass is 293 g/mol. The normalized spacial score (nSPS) is 12.2. The number of hydrogen-bond acceptors (Lipinski definition) is 6. The highest BCUT2D eigenvalue weighted by Crippen LogP contribution is 2.32. The van der Waals surface area contributed by atoms with Crippen LogP contribution in [0.2, 0.25) is 0 Å². The molecule has 0 saturated carbocycles. The Morgan fingerprint density at radius 3 is 2.55 bits per heavy atom. The Balaban J connectivity index is 2.33. The van der Waals surface area contributed by atoms with Gasteiger partial charge in [-0.3, -0.25) is 0 Å². The molecule has 0 amide bonds. The number of ether oxygens (including phenoxy) is 2. The smallest absolute Gasteiger partial charge is 0.161 e. The minimum Gasteiger partial charge on any atom is -0.490 e. The fourth-order valence-corrected chi connectivity index (χ4v) is 2.51. The van der Waals surface area contributed by atoms with Gasteiger partial charge in [0.05, 0.1) is 24.9 Å². The highest BCUT2D eigenvalue weighted by atomic mass is 32.1. The van der Waals surface area contributed by atoms with E-state index in [9.17, 15) is 0 Å². The molecular formula is C14H19N3O2S. The third kappa shape index (κ3) is 3.26. The summed E-state index contributed by atoms with van der Waals surface area (Å²) in [5.74, 6) is 1.53. The Bertz CT molecular complexity index is 531. The molecule has 0 fully saturated rings. The zero-order chi connectivity index (χ0) is 14.4. The van der Waals surface area contributed by atoms with Gasteiger partial charge in [-0.15, -0.1) is 5.10 Å². The van der Waals surface area contributed by atoms with Gasteiger partial charge in [-0.05, 0) is 50.1 Å². The molecule has 0 bridgehead atoms. The lowest BCUT2D eigenvalue weighted by atomic mass is 10.0. The Labute approximate surface area is 123 Å². The van der Waals surface area contributed by atoms with E-state index in [1.165, 1.54) is 11.5 Å². The van der Waals surface area contributed by atoms with Gasteiger partial charge in [0.25, 0.3) is 0 Å². The summed E-state index contributed by atoms with van der Waals surface area (Å²) in [4.78, 5) is 0. The minimum atomic E-state index is 0.00336. The molecule has 0 aliphatic rings. The van der Waals surface area contributed by atoms with Gasteiger partial charge in [0.2, 0.25) is 0 Å². The van der Waals surface area contributed by atoms with E-state index in [1.54, 1.807) is 0 Å². The molecule has 108 valence electrons.